The van der Waals surface area contributed by atoms with Crippen molar-refractivity contribution < 1.29 is 5.11 Å². The topological polar surface area (TPSA) is 50.1 Å². The molecule has 2 aromatic rings. The second-order valence-electron chi connectivity index (χ2n) is 4.84. The van der Waals surface area contributed by atoms with Crippen molar-refractivity contribution in [1.29, 1.82) is 0 Å². The number of benzene rings is 1. The number of hydrogen-bond donors (Lipinski definition) is 2. The van der Waals surface area contributed by atoms with E-state index in [1.54, 1.807) is 10.9 Å². The van der Waals surface area contributed by atoms with Crippen LogP contribution >= 0.6 is 0 Å². The Bertz CT molecular complexity index is 505. The molecule has 0 spiro atoms. The molecule has 0 fully saturated rings. The van der Waals surface area contributed by atoms with Gasteiger partial charge in [0.05, 0.1) is 11.4 Å². The quantitative estimate of drug-likeness (QED) is 0.781. The average molecular weight is 259 g/mol. The van der Waals surface area contributed by atoms with Gasteiger partial charge in [-0.05, 0) is 44.6 Å². The fourth-order valence-corrected chi connectivity index (χ4v) is 2.12. The van der Waals surface area contributed by atoms with Gasteiger partial charge in [0, 0.05) is 6.20 Å². The lowest BCUT2D eigenvalue weighted by Crippen LogP contribution is -2.30. The molecule has 0 bridgehead atoms. The number of para-hydroxylation sites is 1. The summed E-state index contributed by atoms with van der Waals surface area (Å²) in [5, 5.41) is 18.2. The van der Waals surface area contributed by atoms with Crippen LogP contribution in [0.1, 0.15) is 26.0 Å². The molecule has 0 aliphatic rings. The van der Waals surface area contributed by atoms with Crippen LogP contribution in [0.4, 0.5) is 0 Å². The van der Waals surface area contributed by atoms with E-state index in [1.165, 1.54) is 0 Å². The lowest BCUT2D eigenvalue weighted by atomic mass is 9.98. The van der Waals surface area contributed by atoms with Crippen molar-refractivity contribution in [2.75, 3.05) is 13.1 Å². The molecule has 4 nitrogen and oxygen atoms in total. The lowest BCUT2D eigenvalue weighted by Gasteiger charge is -2.24. The van der Waals surface area contributed by atoms with E-state index >= 15 is 0 Å². The highest BCUT2D eigenvalue weighted by molar-refractivity contribution is 5.33. The highest BCUT2D eigenvalue weighted by atomic mass is 16.3. The fraction of sp³-hybridized carbons (Fsp3) is 0.400. The maximum Gasteiger partial charge on any atom is 0.105 e. The standard InChI is InChI=1S/C15H21N3O/c1-3-16-12-10-15(2,19)14-9-11-17-18(14)13-7-5-4-6-8-13/h4-9,11,16,19H,3,10,12H2,1-2H3. The second-order valence-corrected chi connectivity index (χ2v) is 4.84. The van der Waals surface area contributed by atoms with Gasteiger partial charge in [-0.3, -0.25) is 0 Å². The highest BCUT2D eigenvalue weighted by Crippen LogP contribution is 2.25. The molecule has 0 aliphatic carbocycles. The van der Waals surface area contributed by atoms with E-state index in [2.05, 4.69) is 17.3 Å². The van der Waals surface area contributed by atoms with Crippen LogP contribution in [0.15, 0.2) is 42.6 Å². The molecule has 4 heteroatoms. The summed E-state index contributed by atoms with van der Waals surface area (Å²) in [5.74, 6) is 0. The van der Waals surface area contributed by atoms with Gasteiger partial charge in [0.2, 0.25) is 0 Å². The molecule has 1 heterocycles. The number of nitrogens with zero attached hydrogens (tertiary/aromatic N) is 2. The summed E-state index contributed by atoms with van der Waals surface area (Å²) < 4.78 is 1.80. The van der Waals surface area contributed by atoms with Crippen molar-refractivity contribution in [3.05, 3.63) is 48.3 Å². The third kappa shape index (κ3) is 3.22. The van der Waals surface area contributed by atoms with Crippen LogP contribution < -0.4 is 5.32 Å². The summed E-state index contributed by atoms with van der Waals surface area (Å²) in [6.45, 7) is 5.58. The summed E-state index contributed by atoms with van der Waals surface area (Å²) in [6, 6.07) is 11.7. The zero-order valence-electron chi connectivity index (χ0n) is 11.5. The Kier molecular flexibility index (Phi) is 4.35. The van der Waals surface area contributed by atoms with Gasteiger partial charge in [-0.15, -0.1) is 0 Å². The molecule has 19 heavy (non-hydrogen) atoms. The van der Waals surface area contributed by atoms with Gasteiger partial charge in [-0.25, -0.2) is 4.68 Å². The molecule has 0 radical (unpaired) electrons. The minimum Gasteiger partial charge on any atom is -0.384 e. The smallest absolute Gasteiger partial charge is 0.105 e. The normalized spacial score (nSPS) is 14.3. The van der Waals surface area contributed by atoms with Crippen molar-refractivity contribution in [3.8, 4) is 5.69 Å². The molecule has 0 saturated carbocycles. The molecule has 1 atom stereocenters. The van der Waals surface area contributed by atoms with E-state index in [-0.39, 0.29) is 0 Å². The SMILES string of the molecule is CCNCCC(C)(O)c1ccnn1-c1ccccc1. The number of hydrogen-bond acceptors (Lipinski definition) is 3. The van der Waals surface area contributed by atoms with E-state index in [0.29, 0.717) is 6.42 Å². The Labute approximate surface area is 114 Å². The molecular formula is C15H21N3O. The lowest BCUT2D eigenvalue weighted by molar-refractivity contribution is 0.0412. The van der Waals surface area contributed by atoms with Gasteiger partial charge in [0.1, 0.15) is 5.60 Å². The zero-order valence-corrected chi connectivity index (χ0v) is 11.5. The number of nitrogens with one attached hydrogen (secondary N) is 1. The summed E-state index contributed by atoms with van der Waals surface area (Å²) in [5.41, 5.74) is 0.886. The molecule has 0 aliphatic heterocycles. The Hall–Kier alpha value is -1.65. The van der Waals surface area contributed by atoms with Crippen molar-refractivity contribution in [3.63, 3.8) is 0 Å². The monoisotopic (exact) mass is 259 g/mol. The zero-order chi connectivity index (χ0) is 13.7. The van der Waals surface area contributed by atoms with Gasteiger partial charge in [-0.2, -0.15) is 5.10 Å². The van der Waals surface area contributed by atoms with Crippen LogP contribution in [0.5, 0.6) is 0 Å². The molecule has 1 aromatic carbocycles. The first-order valence-electron chi connectivity index (χ1n) is 6.68. The third-order valence-corrected chi connectivity index (χ3v) is 3.23. The minimum absolute atomic E-state index is 0.652. The minimum atomic E-state index is -0.894. The Morgan fingerprint density at radius 1 is 1.26 bits per heavy atom. The molecular weight excluding hydrogens is 238 g/mol. The predicted molar refractivity (Wildman–Crippen MR) is 76.3 cm³/mol. The van der Waals surface area contributed by atoms with Crippen molar-refractivity contribution >= 4 is 0 Å². The largest absolute Gasteiger partial charge is 0.384 e. The van der Waals surface area contributed by atoms with E-state index in [0.717, 1.165) is 24.5 Å². The first-order valence-corrected chi connectivity index (χ1v) is 6.68. The third-order valence-electron chi connectivity index (χ3n) is 3.23. The average Bonchev–Trinajstić information content (AvgIpc) is 2.90. The van der Waals surface area contributed by atoms with E-state index in [9.17, 15) is 5.11 Å². The van der Waals surface area contributed by atoms with Crippen LogP contribution in [0.2, 0.25) is 0 Å². The maximum absolute atomic E-state index is 10.6. The van der Waals surface area contributed by atoms with Crippen LogP contribution in [0.3, 0.4) is 0 Å². The highest BCUT2D eigenvalue weighted by Gasteiger charge is 2.27. The predicted octanol–water partition coefficient (Wildman–Crippen LogP) is 2.08. The molecule has 1 unspecified atom stereocenters. The van der Waals surface area contributed by atoms with Crippen LogP contribution in [0.25, 0.3) is 5.69 Å². The van der Waals surface area contributed by atoms with E-state index < -0.39 is 5.60 Å². The number of rotatable bonds is 6. The summed E-state index contributed by atoms with van der Waals surface area (Å²) in [6.07, 6.45) is 2.38. The molecule has 1 aromatic heterocycles. The molecule has 0 saturated heterocycles. The molecule has 2 rings (SSSR count). The van der Waals surface area contributed by atoms with E-state index in [1.807, 2.05) is 43.3 Å². The number of aliphatic hydroxyl groups is 1. The number of aromatic nitrogens is 2. The molecule has 102 valence electrons. The van der Waals surface area contributed by atoms with Gasteiger partial charge < -0.3 is 10.4 Å². The summed E-state index contributed by atoms with van der Waals surface area (Å²) in [4.78, 5) is 0. The van der Waals surface area contributed by atoms with E-state index in [4.69, 9.17) is 0 Å². The maximum atomic E-state index is 10.6. The van der Waals surface area contributed by atoms with Crippen molar-refractivity contribution in [2.45, 2.75) is 25.9 Å². The van der Waals surface area contributed by atoms with Gasteiger partial charge >= 0.3 is 0 Å². The van der Waals surface area contributed by atoms with Crippen LogP contribution in [-0.2, 0) is 5.60 Å². The first-order chi connectivity index (χ1) is 9.15. The molecule has 0 amide bonds. The second kappa shape index (κ2) is 5.99. The first kappa shape index (κ1) is 13.8. The van der Waals surface area contributed by atoms with Gasteiger partial charge in [-0.1, -0.05) is 25.1 Å². The van der Waals surface area contributed by atoms with Gasteiger partial charge in [0.15, 0.2) is 0 Å². The summed E-state index contributed by atoms with van der Waals surface area (Å²) in [7, 11) is 0. The Balaban J connectivity index is 2.24. The van der Waals surface area contributed by atoms with Crippen LogP contribution in [0, 0.1) is 0 Å². The van der Waals surface area contributed by atoms with Crippen LogP contribution in [-0.4, -0.2) is 28.0 Å². The Morgan fingerprint density at radius 3 is 2.68 bits per heavy atom. The summed E-state index contributed by atoms with van der Waals surface area (Å²) >= 11 is 0. The molecule has 2 N–H and O–H groups in total. The Morgan fingerprint density at radius 2 is 2.00 bits per heavy atom. The van der Waals surface area contributed by atoms with Crippen molar-refractivity contribution in [1.82, 2.24) is 15.1 Å². The van der Waals surface area contributed by atoms with Gasteiger partial charge in [0.25, 0.3) is 0 Å². The fourth-order valence-electron chi connectivity index (χ4n) is 2.12. The van der Waals surface area contributed by atoms with Crippen molar-refractivity contribution in [2.24, 2.45) is 0 Å².